The van der Waals surface area contributed by atoms with Crippen molar-refractivity contribution in [1.82, 2.24) is 0 Å². The Morgan fingerprint density at radius 3 is 2.21 bits per heavy atom. The molecule has 0 atom stereocenters. The number of benzene rings is 3. The van der Waals surface area contributed by atoms with Gasteiger partial charge in [-0.3, -0.25) is 0 Å². The number of ether oxygens (including phenoxy) is 1. The fourth-order valence-electron chi connectivity index (χ4n) is 2.55. The minimum absolute atomic E-state index is 0.146. The van der Waals surface area contributed by atoms with Crippen molar-refractivity contribution in [1.29, 1.82) is 0 Å². The highest BCUT2D eigenvalue weighted by Crippen LogP contribution is 2.22. The smallest absolute Gasteiger partial charge is 0.331 e. The number of rotatable bonds is 3. The summed E-state index contributed by atoms with van der Waals surface area (Å²) in [6, 6.07) is 25.2. The van der Waals surface area contributed by atoms with Gasteiger partial charge in [0, 0.05) is 5.56 Å². The molecule has 0 saturated heterocycles. The fraction of sp³-hybridized carbons (Fsp3) is 0.160. The molecule has 0 amide bonds. The molecule has 3 heteroatoms. The quantitative estimate of drug-likeness (QED) is 0.380. The van der Waals surface area contributed by atoms with Crippen LogP contribution in [0.1, 0.15) is 25.0 Å². The van der Waals surface area contributed by atoms with Crippen LogP contribution in [0.3, 0.4) is 0 Å². The normalized spacial score (nSPS) is 10.5. The van der Waals surface area contributed by atoms with E-state index < -0.39 is 5.97 Å². The largest absolute Gasteiger partial charge is 0.504 e. The van der Waals surface area contributed by atoms with Gasteiger partial charge < -0.3 is 9.84 Å². The molecule has 0 unspecified atom stereocenters. The van der Waals surface area contributed by atoms with E-state index in [2.05, 4.69) is 97.2 Å². The molecule has 0 aliphatic rings. The van der Waals surface area contributed by atoms with E-state index in [0.717, 1.165) is 17.9 Å². The number of hydrogen-bond donors (Lipinski definition) is 1. The molecule has 0 radical (unpaired) electrons. The number of carbonyl (C=O) groups is 1. The third kappa shape index (κ3) is 6.34. The third-order valence-corrected chi connectivity index (χ3v) is 4.11. The summed E-state index contributed by atoms with van der Waals surface area (Å²) >= 11 is 0. The Bertz CT molecular complexity index is 1010. The molecule has 0 saturated carbocycles. The second kappa shape index (κ2) is 9.99. The van der Waals surface area contributed by atoms with E-state index in [9.17, 15) is 4.79 Å². The number of methoxy groups -OCH3 is 1. The highest BCUT2D eigenvalue weighted by Gasteiger charge is 2.16. The Morgan fingerprint density at radius 1 is 0.964 bits per heavy atom. The third-order valence-electron chi connectivity index (χ3n) is 4.11. The molecule has 0 spiro atoms. The van der Waals surface area contributed by atoms with Crippen LogP contribution >= 0.6 is 0 Å². The van der Waals surface area contributed by atoms with Crippen LogP contribution in [-0.2, 0) is 14.9 Å². The molecular weight excluding hydrogens is 348 g/mol. The Morgan fingerprint density at radius 2 is 1.61 bits per heavy atom. The second-order valence-corrected chi connectivity index (χ2v) is 6.68. The Balaban J connectivity index is 0.000000345. The van der Waals surface area contributed by atoms with E-state index in [-0.39, 0.29) is 5.41 Å². The maximum absolute atomic E-state index is 9.59. The molecule has 0 heterocycles. The van der Waals surface area contributed by atoms with Gasteiger partial charge in [-0.1, -0.05) is 72.5 Å². The molecule has 0 fully saturated rings. The van der Waals surface area contributed by atoms with Crippen molar-refractivity contribution in [3.8, 4) is 11.8 Å². The average Bonchev–Trinajstić information content (AvgIpc) is 2.72. The Labute approximate surface area is 166 Å². The molecule has 1 N–H and O–H groups in total. The maximum atomic E-state index is 9.59. The number of carboxylic acids is 1. The zero-order valence-corrected chi connectivity index (χ0v) is 16.3. The standard InChI is InChI=1S/C21H18.C4H6O3/c1-21(2,20-10-4-3-5-11-20)15-14-17-12-13-18-8-6-7-9-19(18)16-17;1-7-3-2-4(5)6/h3-13,16H,1-2H3;2-3H,1H3,(H,5,6). The van der Waals surface area contributed by atoms with Crippen LogP contribution < -0.4 is 0 Å². The molecule has 3 rings (SSSR count). The van der Waals surface area contributed by atoms with Gasteiger partial charge in [-0.15, -0.1) is 0 Å². The SMILES string of the molecule is CC(C)(C#Cc1ccc2ccccc2c1)c1ccccc1.COC=CC(=O)O. The van der Waals surface area contributed by atoms with Crippen molar-refractivity contribution in [3.63, 3.8) is 0 Å². The van der Waals surface area contributed by atoms with E-state index in [1.54, 1.807) is 0 Å². The highest BCUT2D eigenvalue weighted by atomic mass is 16.5. The summed E-state index contributed by atoms with van der Waals surface area (Å²) in [5, 5.41) is 10.4. The van der Waals surface area contributed by atoms with Crippen LogP contribution in [-0.4, -0.2) is 18.2 Å². The first-order valence-corrected chi connectivity index (χ1v) is 8.92. The number of fused-ring (bicyclic) bond motifs is 1. The lowest BCUT2D eigenvalue weighted by atomic mass is 9.85. The predicted molar refractivity (Wildman–Crippen MR) is 114 cm³/mol. The van der Waals surface area contributed by atoms with E-state index in [1.165, 1.54) is 23.4 Å². The van der Waals surface area contributed by atoms with Crippen molar-refractivity contribution in [2.75, 3.05) is 7.11 Å². The Kier molecular flexibility index (Phi) is 7.42. The summed E-state index contributed by atoms with van der Waals surface area (Å²) in [7, 11) is 1.39. The molecule has 3 aromatic rings. The summed E-state index contributed by atoms with van der Waals surface area (Å²) in [6.45, 7) is 4.33. The van der Waals surface area contributed by atoms with Gasteiger partial charge in [0.15, 0.2) is 0 Å². The first-order valence-electron chi connectivity index (χ1n) is 8.92. The molecule has 0 aliphatic heterocycles. The van der Waals surface area contributed by atoms with Gasteiger partial charge >= 0.3 is 5.97 Å². The van der Waals surface area contributed by atoms with Gasteiger partial charge in [-0.2, -0.15) is 0 Å². The summed E-state index contributed by atoms with van der Waals surface area (Å²) in [5.74, 6) is 5.73. The fourth-order valence-corrected chi connectivity index (χ4v) is 2.55. The minimum atomic E-state index is -0.998. The van der Waals surface area contributed by atoms with E-state index in [4.69, 9.17) is 5.11 Å². The molecule has 0 bridgehead atoms. The topological polar surface area (TPSA) is 46.5 Å². The van der Waals surface area contributed by atoms with Gasteiger partial charge in [0.25, 0.3) is 0 Å². The van der Waals surface area contributed by atoms with Gasteiger partial charge in [-0.25, -0.2) is 4.79 Å². The van der Waals surface area contributed by atoms with Crippen LogP contribution in [0.4, 0.5) is 0 Å². The van der Waals surface area contributed by atoms with Crippen LogP contribution in [0.5, 0.6) is 0 Å². The van der Waals surface area contributed by atoms with E-state index >= 15 is 0 Å². The summed E-state index contributed by atoms with van der Waals surface area (Å²) in [5.41, 5.74) is 2.17. The summed E-state index contributed by atoms with van der Waals surface area (Å²) < 4.78 is 4.29. The van der Waals surface area contributed by atoms with Crippen LogP contribution in [0.25, 0.3) is 10.8 Å². The molecular formula is C25H24O3. The van der Waals surface area contributed by atoms with Gasteiger partial charge in [0.1, 0.15) is 0 Å². The lowest BCUT2D eigenvalue weighted by Gasteiger charge is -2.17. The molecule has 28 heavy (non-hydrogen) atoms. The monoisotopic (exact) mass is 372 g/mol. The molecule has 0 aromatic heterocycles. The zero-order valence-electron chi connectivity index (χ0n) is 16.3. The molecule has 0 aliphatic carbocycles. The lowest BCUT2D eigenvalue weighted by Crippen LogP contribution is -2.13. The number of carboxylic acid groups (broad SMARTS) is 1. The van der Waals surface area contributed by atoms with Crippen molar-refractivity contribution >= 4 is 16.7 Å². The number of hydrogen-bond acceptors (Lipinski definition) is 2. The minimum Gasteiger partial charge on any atom is -0.504 e. The van der Waals surface area contributed by atoms with Gasteiger partial charge in [0.2, 0.25) is 0 Å². The molecule has 142 valence electrons. The van der Waals surface area contributed by atoms with Crippen LogP contribution in [0, 0.1) is 11.8 Å². The van der Waals surface area contributed by atoms with Crippen molar-refractivity contribution in [3.05, 3.63) is 96.3 Å². The highest BCUT2D eigenvalue weighted by molar-refractivity contribution is 5.83. The van der Waals surface area contributed by atoms with Crippen LogP contribution in [0.15, 0.2) is 85.1 Å². The predicted octanol–water partition coefficient (Wildman–Crippen LogP) is 5.40. The summed E-state index contributed by atoms with van der Waals surface area (Å²) in [4.78, 5) is 9.59. The first kappa shape index (κ1) is 20.8. The molecule has 3 nitrogen and oxygen atoms in total. The van der Waals surface area contributed by atoms with Gasteiger partial charge in [-0.05, 0) is 42.3 Å². The second-order valence-electron chi connectivity index (χ2n) is 6.68. The lowest BCUT2D eigenvalue weighted by molar-refractivity contribution is -0.131. The van der Waals surface area contributed by atoms with E-state index in [0.29, 0.717) is 0 Å². The molecule has 3 aromatic carbocycles. The Hall–Kier alpha value is -3.51. The van der Waals surface area contributed by atoms with E-state index in [1.807, 2.05) is 6.07 Å². The maximum Gasteiger partial charge on any atom is 0.331 e. The van der Waals surface area contributed by atoms with Gasteiger partial charge in [0.05, 0.1) is 24.9 Å². The van der Waals surface area contributed by atoms with Crippen molar-refractivity contribution in [2.24, 2.45) is 0 Å². The summed E-state index contributed by atoms with van der Waals surface area (Å²) in [6.07, 6.45) is 2.02. The number of aliphatic carboxylic acids is 1. The first-order chi connectivity index (χ1) is 13.4. The average molecular weight is 372 g/mol. The zero-order chi connectivity index (χ0) is 20.4. The van der Waals surface area contributed by atoms with Crippen LogP contribution in [0.2, 0.25) is 0 Å². The van der Waals surface area contributed by atoms with Crippen molar-refractivity contribution < 1.29 is 14.6 Å². The van der Waals surface area contributed by atoms with Crippen molar-refractivity contribution in [2.45, 2.75) is 19.3 Å².